The lowest BCUT2D eigenvalue weighted by molar-refractivity contribution is 0.0244. The largest absolute Gasteiger partial charge is 0.395 e. The Labute approximate surface area is 72.7 Å². The fourth-order valence-electron chi connectivity index (χ4n) is 1.88. The summed E-state index contributed by atoms with van der Waals surface area (Å²) < 4.78 is 5.41. The van der Waals surface area contributed by atoms with Crippen molar-refractivity contribution >= 4 is 12.4 Å². The van der Waals surface area contributed by atoms with Gasteiger partial charge in [0.05, 0.1) is 19.3 Å². The first kappa shape index (κ1) is 9.26. The van der Waals surface area contributed by atoms with Crippen LogP contribution < -0.4 is 0 Å². The number of nitrogens with zero attached hydrogens (tertiary/aromatic N) is 1. The molecule has 2 heterocycles. The van der Waals surface area contributed by atoms with Crippen LogP contribution in [0.3, 0.4) is 0 Å². The third-order valence-electron chi connectivity index (χ3n) is 2.40. The summed E-state index contributed by atoms with van der Waals surface area (Å²) in [7, 11) is 0. The van der Waals surface area contributed by atoms with Gasteiger partial charge in [-0.1, -0.05) is 0 Å². The highest BCUT2D eigenvalue weighted by Gasteiger charge is 2.38. The van der Waals surface area contributed by atoms with Crippen LogP contribution in [0.25, 0.3) is 0 Å². The minimum absolute atomic E-state index is 0. The number of aliphatic hydroxyl groups is 1. The molecule has 0 unspecified atom stereocenters. The Bertz CT molecular complexity index is 134. The maximum Gasteiger partial charge on any atom is 0.0718 e. The monoisotopic (exact) mass is 179 g/mol. The summed E-state index contributed by atoms with van der Waals surface area (Å²) in [4.78, 5) is 2.31. The molecule has 2 rings (SSSR count). The number of rotatable bonds is 2. The van der Waals surface area contributed by atoms with Gasteiger partial charge in [-0.05, 0) is 6.42 Å². The molecule has 2 fully saturated rings. The molecule has 0 aromatic heterocycles. The minimum Gasteiger partial charge on any atom is -0.395 e. The van der Waals surface area contributed by atoms with Crippen molar-refractivity contribution in [2.45, 2.75) is 18.6 Å². The van der Waals surface area contributed by atoms with Gasteiger partial charge in [0.15, 0.2) is 0 Å². The first-order valence-electron chi connectivity index (χ1n) is 3.86. The van der Waals surface area contributed by atoms with Crippen LogP contribution in [0.5, 0.6) is 0 Å². The Kier molecular flexibility index (Phi) is 3.13. The summed E-state index contributed by atoms with van der Waals surface area (Å²) in [5, 5.41) is 8.67. The molecule has 0 aromatic rings. The van der Waals surface area contributed by atoms with Gasteiger partial charge in [0, 0.05) is 19.1 Å². The van der Waals surface area contributed by atoms with Gasteiger partial charge in [-0.25, -0.2) is 0 Å². The Hall–Kier alpha value is 0.170. The van der Waals surface area contributed by atoms with E-state index >= 15 is 0 Å². The minimum atomic E-state index is 0. The fourth-order valence-corrected chi connectivity index (χ4v) is 1.88. The molecule has 2 aliphatic heterocycles. The molecule has 2 atom stereocenters. The normalized spacial score (nSPS) is 35.7. The lowest BCUT2D eigenvalue weighted by atomic mass is 10.2. The van der Waals surface area contributed by atoms with E-state index in [1.807, 2.05) is 0 Å². The average Bonchev–Trinajstić information content (AvgIpc) is 2.48. The number of halogens is 1. The number of hydrogen-bond acceptors (Lipinski definition) is 3. The molecule has 0 spiro atoms. The molecule has 2 saturated heterocycles. The smallest absolute Gasteiger partial charge is 0.0718 e. The van der Waals surface area contributed by atoms with Crippen molar-refractivity contribution < 1.29 is 9.84 Å². The highest BCUT2D eigenvalue weighted by molar-refractivity contribution is 5.85. The number of β-amino-alcohol motifs (C(OH)–C–C–N with tert-alkyl or cyclic N) is 1. The maximum absolute atomic E-state index is 8.67. The zero-order valence-corrected chi connectivity index (χ0v) is 7.22. The van der Waals surface area contributed by atoms with E-state index in [2.05, 4.69) is 4.90 Å². The molecule has 0 aliphatic carbocycles. The molecular formula is C7H14ClNO2. The van der Waals surface area contributed by atoms with E-state index in [9.17, 15) is 0 Å². The summed E-state index contributed by atoms with van der Waals surface area (Å²) in [6.07, 6.45) is 1.65. The topological polar surface area (TPSA) is 32.7 Å². The van der Waals surface area contributed by atoms with Crippen molar-refractivity contribution in [3.63, 3.8) is 0 Å². The summed E-state index contributed by atoms with van der Waals surface area (Å²) in [5.74, 6) is 0. The van der Waals surface area contributed by atoms with Crippen molar-refractivity contribution in [2.75, 3.05) is 26.3 Å². The first-order valence-corrected chi connectivity index (χ1v) is 3.86. The Morgan fingerprint density at radius 2 is 2.36 bits per heavy atom. The van der Waals surface area contributed by atoms with Gasteiger partial charge >= 0.3 is 0 Å². The SMILES string of the molecule is Cl.OCCN1C[C@H]2C[C@@H]1CO2. The summed E-state index contributed by atoms with van der Waals surface area (Å²) in [5.41, 5.74) is 0. The summed E-state index contributed by atoms with van der Waals surface area (Å²) in [6, 6.07) is 0.608. The van der Waals surface area contributed by atoms with Crippen molar-refractivity contribution in [3.8, 4) is 0 Å². The Morgan fingerprint density at radius 1 is 1.55 bits per heavy atom. The molecule has 0 saturated carbocycles. The van der Waals surface area contributed by atoms with Crippen LogP contribution in [0.15, 0.2) is 0 Å². The fraction of sp³-hybridized carbons (Fsp3) is 1.00. The van der Waals surface area contributed by atoms with E-state index in [1.54, 1.807) is 0 Å². The quantitative estimate of drug-likeness (QED) is 0.642. The molecule has 0 amide bonds. The van der Waals surface area contributed by atoms with E-state index in [0.29, 0.717) is 12.1 Å². The number of fused-ring (bicyclic) bond motifs is 2. The highest BCUT2D eigenvalue weighted by atomic mass is 35.5. The number of ether oxygens (including phenoxy) is 1. The van der Waals surface area contributed by atoms with Gasteiger partial charge in [0.2, 0.25) is 0 Å². The van der Waals surface area contributed by atoms with Crippen LogP contribution in [-0.4, -0.2) is 48.5 Å². The van der Waals surface area contributed by atoms with Gasteiger partial charge < -0.3 is 9.84 Å². The molecule has 2 aliphatic rings. The predicted molar refractivity (Wildman–Crippen MR) is 44.1 cm³/mol. The molecule has 0 aromatic carbocycles. The molecule has 11 heavy (non-hydrogen) atoms. The van der Waals surface area contributed by atoms with Gasteiger partial charge in [-0.15, -0.1) is 12.4 Å². The molecule has 2 bridgehead atoms. The maximum atomic E-state index is 8.67. The van der Waals surface area contributed by atoms with E-state index in [4.69, 9.17) is 9.84 Å². The van der Waals surface area contributed by atoms with Crippen LogP contribution in [0.2, 0.25) is 0 Å². The Morgan fingerprint density at radius 3 is 2.82 bits per heavy atom. The van der Waals surface area contributed by atoms with Gasteiger partial charge in [0.1, 0.15) is 0 Å². The van der Waals surface area contributed by atoms with E-state index in [-0.39, 0.29) is 19.0 Å². The molecule has 1 N–H and O–H groups in total. The second-order valence-electron chi connectivity index (χ2n) is 3.06. The molecule has 0 radical (unpaired) electrons. The second-order valence-corrected chi connectivity index (χ2v) is 3.06. The van der Waals surface area contributed by atoms with E-state index in [1.165, 1.54) is 6.42 Å². The number of likely N-dealkylation sites (tertiary alicyclic amines) is 1. The van der Waals surface area contributed by atoms with E-state index in [0.717, 1.165) is 19.7 Å². The Balaban J connectivity index is 0.000000605. The highest BCUT2D eigenvalue weighted by Crippen LogP contribution is 2.26. The van der Waals surface area contributed by atoms with Crippen molar-refractivity contribution in [3.05, 3.63) is 0 Å². The van der Waals surface area contributed by atoms with Crippen LogP contribution in [0, 0.1) is 0 Å². The van der Waals surface area contributed by atoms with Crippen LogP contribution in [0.1, 0.15) is 6.42 Å². The molecule has 66 valence electrons. The van der Waals surface area contributed by atoms with Crippen LogP contribution >= 0.6 is 12.4 Å². The van der Waals surface area contributed by atoms with E-state index < -0.39 is 0 Å². The van der Waals surface area contributed by atoms with Gasteiger partial charge in [-0.3, -0.25) is 4.90 Å². The number of morpholine rings is 1. The third-order valence-corrected chi connectivity index (χ3v) is 2.40. The van der Waals surface area contributed by atoms with Crippen molar-refractivity contribution in [1.29, 1.82) is 0 Å². The number of hydrogen-bond donors (Lipinski definition) is 1. The van der Waals surface area contributed by atoms with Gasteiger partial charge in [0.25, 0.3) is 0 Å². The molecular weight excluding hydrogens is 166 g/mol. The van der Waals surface area contributed by atoms with Crippen molar-refractivity contribution in [1.82, 2.24) is 4.90 Å². The zero-order valence-electron chi connectivity index (χ0n) is 6.40. The van der Waals surface area contributed by atoms with Gasteiger partial charge in [-0.2, -0.15) is 0 Å². The summed E-state index contributed by atoms with van der Waals surface area (Å²) in [6.45, 7) is 3.02. The molecule has 4 heteroatoms. The van der Waals surface area contributed by atoms with Crippen molar-refractivity contribution in [2.24, 2.45) is 0 Å². The second kappa shape index (κ2) is 3.72. The standard InChI is InChI=1S/C7H13NO2.ClH/c9-2-1-8-4-7-3-6(8)5-10-7;/h6-7,9H,1-5H2;1H/t6-,7-;/m1./s1. The first-order chi connectivity index (χ1) is 4.90. The predicted octanol–water partition coefficient (Wildman–Crippen LogP) is -0.126. The lowest BCUT2D eigenvalue weighted by Crippen LogP contribution is -2.38. The van der Waals surface area contributed by atoms with Crippen LogP contribution in [-0.2, 0) is 4.74 Å². The number of aliphatic hydroxyl groups excluding tert-OH is 1. The zero-order chi connectivity index (χ0) is 6.97. The lowest BCUT2D eigenvalue weighted by Gasteiger charge is -2.25. The third kappa shape index (κ3) is 1.67. The van der Waals surface area contributed by atoms with Crippen LogP contribution in [0.4, 0.5) is 0 Å². The summed E-state index contributed by atoms with van der Waals surface area (Å²) >= 11 is 0. The molecule has 3 nitrogen and oxygen atoms in total. The average molecular weight is 180 g/mol.